The molecule has 0 spiro atoms. The summed E-state index contributed by atoms with van der Waals surface area (Å²) in [5.41, 5.74) is 0. The van der Waals surface area contributed by atoms with Gasteiger partial charge in [-0.3, -0.25) is 4.79 Å². The molecule has 0 saturated carbocycles. The van der Waals surface area contributed by atoms with E-state index >= 15 is 0 Å². The third kappa shape index (κ3) is 7.59. The summed E-state index contributed by atoms with van der Waals surface area (Å²) in [6.07, 6.45) is 0.183. The quantitative estimate of drug-likeness (QED) is 0.602. The third-order valence-corrected chi connectivity index (χ3v) is 2.74. The van der Waals surface area contributed by atoms with Crippen molar-refractivity contribution in [1.29, 1.82) is 0 Å². The molecule has 1 aliphatic rings. The highest BCUT2D eigenvalue weighted by atomic mass is 16.5. The number of rotatable bonds is 0. The summed E-state index contributed by atoms with van der Waals surface area (Å²) in [6.45, 7) is 15.8. The minimum absolute atomic E-state index is 0. The fraction of sp³-hybridized carbons (Fsp3) is 0.929. The minimum Gasteiger partial charge on any atom is -0.374 e. The molecule has 3 heteroatoms. The molecule has 103 valence electrons. The zero-order valence-corrected chi connectivity index (χ0v) is 12.2. The lowest BCUT2D eigenvalue weighted by molar-refractivity contribution is -0.150. The molecule has 0 amide bonds. The van der Waals surface area contributed by atoms with Gasteiger partial charge in [0.25, 0.3) is 0 Å². The van der Waals surface area contributed by atoms with Crippen molar-refractivity contribution < 1.29 is 9.53 Å². The summed E-state index contributed by atoms with van der Waals surface area (Å²) < 4.78 is 5.56. The highest BCUT2D eigenvalue weighted by Crippen LogP contribution is 2.25. The van der Waals surface area contributed by atoms with Crippen LogP contribution in [0.25, 0.3) is 0 Å². The molecule has 1 aliphatic heterocycles. The van der Waals surface area contributed by atoms with E-state index in [1.807, 2.05) is 55.4 Å². The number of hydrogen-bond acceptors (Lipinski definition) is 2. The second kappa shape index (κ2) is 13.8. The van der Waals surface area contributed by atoms with Crippen LogP contribution in [-0.2, 0) is 9.53 Å². The van der Waals surface area contributed by atoms with E-state index < -0.39 is 0 Å². The average Bonchev–Trinajstić information content (AvgIpc) is 2.29. The molecule has 0 N–H and O–H groups in total. The van der Waals surface area contributed by atoms with E-state index in [0.29, 0.717) is 5.78 Å². The van der Waals surface area contributed by atoms with Crippen molar-refractivity contribution in [3.63, 3.8) is 0 Å². The van der Waals surface area contributed by atoms with Gasteiger partial charge >= 0.3 is 0 Å². The molecule has 0 aliphatic carbocycles. The molecule has 1 heterocycles. The predicted octanol–water partition coefficient (Wildman–Crippen LogP) is 3.94. The lowest BCUT2D eigenvalue weighted by Gasteiger charge is -2.34. The molecule has 4 atom stereocenters. The van der Waals surface area contributed by atoms with Gasteiger partial charge in [-0.05, 0) is 13.8 Å². The Morgan fingerprint density at radius 3 is 1.29 bits per heavy atom. The Labute approximate surface area is 111 Å². The molecule has 3 radical (unpaired) electrons. The third-order valence-electron chi connectivity index (χ3n) is 2.74. The summed E-state index contributed by atoms with van der Waals surface area (Å²) in [5.74, 6) is 0.485. The summed E-state index contributed by atoms with van der Waals surface area (Å²) in [4.78, 5) is 11.5. The SMILES string of the molecule is C.CC.CC.CC1OC(C)C(C)C(=O)C1C.[B]. The molecule has 17 heavy (non-hydrogen) atoms. The van der Waals surface area contributed by atoms with Crippen LogP contribution in [0.1, 0.15) is 62.8 Å². The number of carbonyl (C=O) groups excluding carboxylic acids is 1. The van der Waals surface area contributed by atoms with Crippen LogP contribution in [0.3, 0.4) is 0 Å². The smallest absolute Gasteiger partial charge is 0.143 e. The Morgan fingerprint density at radius 2 is 1.06 bits per heavy atom. The van der Waals surface area contributed by atoms with Gasteiger partial charge in [-0.1, -0.05) is 49.0 Å². The number of hydrogen-bond donors (Lipinski definition) is 0. The van der Waals surface area contributed by atoms with Crippen molar-refractivity contribution in [3.05, 3.63) is 0 Å². The van der Waals surface area contributed by atoms with Gasteiger partial charge in [0.2, 0.25) is 0 Å². The summed E-state index contributed by atoms with van der Waals surface area (Å²) in [5, 5.41) is 0. The average molecular weight is 243 g/mol. The van der Waals surface area contributed by atoms with Crippen molar-refractivity contribution in [2.24, 2.45) is 11.8 Å². The van der Waals surface area contributed by atoms with E-state index in [1.165, 1.54) is 0 Å². The van der Waals surface area contributed by atoms with Crippen LogP contribution >= 0.6 is 0 Å². The molecule has 0 aromatic heterocycles. The zero-order chi connectivity index (χ0) is 12.6. The first kappa shape index (κ1) is 25.5. The van der Waals surface area contributed by atoms with E-state index in [4.69, 9.17) is 4.74 Å². The maximum Gasteiger partial charge on any atom is 0.143 e. The van der Waals surface area contributed by atoms with Crippen LogP contribution in [-0.4, -0.2) is 26.4 Å². The van der Waals surface area contributed by atoms with Gasteiger partial charge < -0.3 is 4.74 Å². The molecule has 1 fully saturated rings. The standard InChI is InChI=1S/C9H16O2.2C2H6.CH4.B/c1-5-7(3)11-8(4)6(2)9(5)10;2*1-2;;/h5-8H,1-4H3;2*1-2H3;1H4;. The topological polar surface area (TPSA) is 26.3 Å². The Balaban J connectivity index is -0.000000128. The highest BCUT2D eigenvalue weighted by molar-refractivity contribution is 5.84. The van der Waals surface area contributed by atoms with E-state index in [-0.39, 0.29) is 39.9 Å². The maximum absolute atomic E-state index is 11.5. The van der Waals surface area contributed by atoms with Crippen molar-refractivity contribution in [2.75, 3.05) is 0 Å². The Kier molecular flexibility index (Phi) is 20.7. The van der Waals surface area contributed by atoms with E-state index in [1.54, 1.807) is 0 Å². The Bertz CT molecular complexity index is 156. The normalized spacial score (nSPS) is 30.5. The molecule has 1 saturated heterocycles. The number of Topliss-reactive ketones (excluding diaryl/α,β-unsaturated/α-hetero) is 1. The monoisotopic (exact) mass is 243 g/mol. The van der Waals surface area contributed by atoms with Crippen molar-refractivity contribution in [2.45, 2.75) is 75.0 Å². The van der Waals surface area contributed by atoms with Crippen LogP contribution in [0, 0.1) is 11.8 Å². The van der Waals surface area contributed by atoms with Gasteiger partial charge in [0, 0.05) is 20.2 Å². The van der Waals surface area contributed by atoms with Gasteiger partial charge in [-0.25, -0.2) is 0 Å². The fourth-order valence-corrected chi connectivity index (χ4v) is 1.45. The first-order valence-electron chi connectivity index (χ1n) is 6.23. The molecular weight excluding hydrogens is 211 g/mol. The molecule has 2 nitrogen and oxygen atoms in total. The first-order valence-corrected chi connectivity index (χ1v) is 6.23. The largest absolute Gasteiger partial charge is 0.374 e. The second-order valence-electron chi connectivity index (χ2n) is 3.53. The van der Waals surface area contributed by atoms with Crippen molar-refractivity contribution in [1.82, 2.24) is 0 Å². The van der Waals surface area contributed by atoms with Crippen LogP contribution in [0.15, 0.2) is 0 Å². The molecule has 1 rings (SSSR count). The van der Waals surface area contributed by atoms with E-state index in [0.717, 1.165) is 0 Å². The van der Waals surface area contributed by atoms with Gasteiger partial charge in [0.15, 0.2) is 0 Å². The Hall–Kier alpha value is -0.305. The Morgan fingerprint density at radius 1 is 0.824 bits per heavy atom. The lowest BCUT2D eigenvalue weighted by Crippen LogP contribution is -2.43. The van der Waals surface area contributed by atoms with E-state index in [2.05, 4.69) is 0 Å². The van der Waals surface area contributed by atoms with Crippen LogP contribution in [0.4, 0.5) is 0 Å². The van der Waals surface area contributed by atoms with Gasteiger partial charge in [0.05, 0.1) is 12.2 Å². The highest BCUT2D eigenvalue weighted by Gasteiger charge is 2.35. The maximum atomic E-state index is 11.5. The number of carbonyl (C=O) groups is 1. The number of ether oxygens (including phenoxy) is 1. The van der Waals surface area contributed by atoms with Crippen LogP contribution in [0.2, 0.25) is 0 Å². The second-order valence-corrected chi connectivity index (χ2v) is 3.53. The van der Waals surface area contributed by atoms with E-state index in [9.17, 15) is 4.79 Å². The van der Waals surface area contributed by atoms with Gasteiger partial charge in [-0.15, -0.1) is 0 Å². The zero-order valence-electron chi connectivity index (χ0n) is 12.2. The molecule has 0 aromatic rings. The van der Waals surface area contributed by atoms with Crippen LogP contribution in [0.5, 0.6) is 0 Å². The van der Waals surface area contributed by atoms with Gasteiger partial charge in [0.1, 0.15) is 5.78 Å². The first-order chi connectivity index (χ1) is 7.04. The molecule has 0 aromatic carbocycles. The lowest BCUT2D eigenvalue weighted by atomic mass is 9.85. The summed E-state index contributed by atoms with van der Waals surface area (Å²) >= 11 is 0. The predicted molar refractivity (Wildman–Crippen MR) is 78.5 cm³/mol. The van der Waals surface area contributed by atoms with Gasteiger partial charge in [-0.2, -0.15) is 0 Å². The van der Waals surface area contributed by atoms with Crippen molar-refractivity contribution >= 4 is 14.2 Å². The minimum atomic E-state index is 0. The van der Waals surface area contributed by atoms with Crippen molar-refractivity contribution in [3.8, 4) is 0 Å². The van der Waals surface area contributed by atoms with Crippen LogP contribution < -0.4 is 0 Å². The summed E-state index contributed by atoms with van der Waals surface area (Å²) in [6, 6.07) is 0. The fourth-order valence-electron chi connectivity index (χ4n) is 1.45. The molecule has 4 unspecified atom stereocenters. The molecular formula is C14H32BO2. The summed E-state index contributed by atoms with van der Waals surface area (Å²) in [7, 11) is 0. The molecule has 0 bridgehead atoms. The number of ketones is 1.